The molecule has 1 aliphatic rings. The molecule has 0 saturated carbocycles. The summed E-state index contributed by atoms with van der Waals surface area (Å²) in [6.45, 7) is 0.911. The highest BCUT2D eigenvalue weighted by molar-refractivity contribution is 5.76. The number of hydrogen-bond donors (Lipinski definition) is 0. The van der Waals surface area contributed by atoms with Gasteiger partial charge in [0, 0.05) is 18.9 Å². The molecule has 0 unspecified atom stereocenters. The van der Waals surface area contributed by atoms with Crippen molar-refractivity contribution in [1.82, 2.24) is 29.7 Å². The Bertz CT molecular complexity index is 666. The Morgan fingerprint density at radius 3 is 2.78 bits per heavy atom. The average Bonchev–Trinajstić information content (AvgIpc) is 3.18. The lowest BCUT2D eigenvalue weighted by Gasteiger charge is -2.24. The van der Waals surface area contributed by atoms with E-state index in [0.717, 1.165) is 23.6 Å². The fraction of sp³-hybridized carbons (Fsp3) is 0.538. The number of rotatable bonds is 4. The summed E-state index contributed by atoms with van der Waals surface area (Å²) in [6, 6.07) is 0.839. The van der Waals surface area contributed by atoms with Crippen molar-refractivity contribution in [3.05, 3.63) is 30.4 Å². The molecule has 1 saturated heterocycles. The molecule has 0 aromatic carbocycles. The number of carbonyl (C=O) groups is 1. The highest BCUT2D eigenvalue weighted by Gasteiger charge is 2.34. The van der Waals surface area contributed by atoms with Crippen LogP contribution in [0, 0.1) is 0 Å². The molecular formula is C13H15F3N6O. The van der Waals surface area contributed by atoms with Crippen molar-refractivity contribution in [3.63, 3.8) is 0 Å². The topological polar surface area (TPSA) is 68.8 Å². The first kappa shape index (κ1) is 15.5. The number of halogens is 3. The largest absolute Gasteiger partial charge is 0.435 e. The third kappa shape index (κ3) is 3.51. The van der Waals surface area contributed by atoms with Crippen LogP contribution in [0.3, 0.4) is 0 Å². The van der Waals surface area contributed by atoms with Crippen LogP contribution in [-0.4, -0.2) is 48.2 Å². The van der Waals surface area contributed by atoms with Crippen LogP contribution in [0.15, 0.2) is 24.7 Å². The Balaban J connectivity index is 1.64. The highest BCUT2D eigenvalue weighted by atomic mass is 19.4. The summed E-state index contributed by atoms with van der Waals surface area (Å²) in [5, 5.41) is 11.0. The van der Waals surface area contributed by atoms with Crippen LogP contribution >= 0.6 is 0 Å². The summed E-state index contributed by atoms with van der Waals surface area (Å²) in [5.74, 6) is -0.246. The zero-order valence-corrected chi connectivity index (χ0v) is 12.1. The van der Waals surface area contributed by atoms with Crippen LogP contribution in [0.4, 0.5) is 13.2 Å². The molecular weight excluding hydrogens is 313 g/mol. The SMILES string of the molecule is O=C(Cn1ccc(C(F)(F)F)n1)N1CCC[C@H]1Cn1ccnn1. The molecule has 0 radical (unpaired) electrons. The molecule has 2 aromatic rings. The van der Waals surface area contributed by atoms with Gasteiger partial charge >= 0.3 is 6.18 Å². The standard InChI is InChI=1S/C13H15F3N6O/c14-13(15,16)11-3-6-20(18-11)9-12(23)22-5-1-2-10(22)8-21-7-4-17-19-21/h3-4,6-7,10H,1-2,5,8-9H2/t10-/m0/s1. The van der Waals surface area contributed by atoms with Crippen LogP contribution in [0.5, 0.6) is 0 Å². The first-order valence-corrected chi connectivity index (χ1v) is 7.18. The second kappa shape index (κ2) is 6.01. The number of carbonyl (C=O) groups excluding carboxylic acids is 1. The average molecular weight is 328 g/mol. The molecule has 1 amide bonds. The molecule has 7 nitrogen and oxygen atoms in total. The minimum Gasteiger partial charge on any atom is -0.336 e. The molecule has 1 atom stereocenters. The van der Waals surface area contributed by atoms with Crippen molar-refractivity contribution in [2.45, 2.75) is 38.1 Å². The molecule has 1 fully saturated rings. The predicted molar refractivity (Wildman–Crippen MR) is 72.0 cm³/mol. The molecule has 10 heteroatoms. The van der Waals surface area contributed by atoms with Gasteiger partial charge in [0.05, 0.1) is 18.8 Å². The summed E-state index contributed by atoms with van der Waals surface area (Å²) in [4.78, 5) is 14.0. The van der Waals surface area contributed by atoms with Crippen molar-refractivity contribution in [1.29, 1.82) is 0 Å². The molecule has 0 N–H and O–H groups in total. The van der Waals surface area contributed by atoms with Crippen LogP contribution in [0.2, 0.25) is 0 Å². The van der Waals surface area contributed by atoms with E-state index < -0.39 is 11.9 Å². The van der Waals surface area contributed by atoms with Crippen LogP contribution in [0.25, 0.3) is 0 Å². The smallest absolute Gasteiger partial charge is 0.336 e. The first-order valence-electron chi connectivity index (χ1n) is 7.18. The minimum absolute atomic E-state index is 0.0261. The Morgan fingerprint density at radius 2 is 2.13 bits per heavy atom. The van der Waals surface area contributed by atoms with Crippen molar-refractivity contribution < 1.29 is 18.0 Å². The van der Waals surface area contributed by atoms with Crippen LogP contribution in [0.1, 0.15) is 18.5 Å². The predicted octanol–water partition coefficient (Wildman–Crippen LogP) is 1.18. The van der Waals surface area contributed by atoms with Gasteiger partial charge in [-0.05, 0) is 18.9 Å². The normalized spacial score (nSPS) is 18.6. The summed E-state index contributed by atoms with van der Waals surface area (Å²) >= 11 is 0. The second-order valence-electron chi connectivity index (χ2n) is 5.40. The molecule has 124 valence electrons. The van der Waals surface area contributed by atoms with Crippen LogP contribution in [-0.2, 0) is 24.1 Å². The molecule has 0 bridgehead atoms. The Hall–Kier alpha value is -2.39. The van der Waals surface area contributed by atoms with E-state index >= 15 is 0 Å². The monoisotopic (exact) mass is 328 g/mol. The quantitative estimate of drug-likeness (QED) is 0.845. The summed E-state index contributed by atoms with van der Waals surface area (Å²) in [7, 11) is 0. The fourth-order valence-electron chi connectivity index (χ4n) is 2.73. The maximum Gasteiger partial charge on any atom is 0.435 e. The first-order chi connectivity index (χ1) is 10.9. The van der Waals surface area contributed by atoms with E-state index in [2.05, 4.69) is 15.4 Å². The minimum atomic E-state index is -4.50. The highest BCUT2D eigenvalue weighted by Crippen LogP contribution is 2.27. The maximum absolute atomic E-state index is 12.5. The molecule has 3 heterocycles. The van der Waals surface area contributed by atoms with E-state index in [1.807, 2.05) is 0 Å². The van der Waals surface area contributed by atoms with E-state index in [4.69, 9.17) is 0 Å². The van der Waals surface area contributed by atoms with Gasteiger partial charge in [0.1, 0.15) is 6.54 Å². The molecule has 23 heavy (non-hydrogen) atoms. The molecule has 1 aliphatic heterocycles. The molecule has 3 rings (SSSR count). The second-order valence-corrected chi connectivity index (χ2v) is 5.40. The van der Waals surface area contributed by atoms with Gasteiger partial charge in [-0.3, -0.25) is 14.2 Å². The Morgan fingerprint density at radius 1 is 1.30 bits per heavy atom. The lowest BCUT2D eigenvalue weighted by molar-refractivity contribution is -0.142. The van der Waals surface area contributed by atoms with Gasteiger partial charge in [-0.15, -0.1) is 5.10 Å². The van der Waals surface area contributed by atoms with Gasteiger partial charge in [-0.2, -0.15) is 18.3 Å². The zero-order valence-electron chi connectivity index (χ0n) is 12.1. The van der Waals surface area contributed by atoms with E-state index in [0.29, 0.717) is 13.1 Å². The van der Waals surface area contributed by atoms with Gasteiger partial charge in [-0.25, -0.2) is 0 Å². The summed E-state index contributed by atoms with van der Waals surface area (Å²) < 4.78 is 40.2. The van der Waals surface area contributed by atoms with Crippen LogP contribution < -0.4 is 0 Å². The zero-order chi connectivity index (χ0) is 16.4. The van der Waals surface area contributed by atoms with E-state index in [1.165, 1.54) is 6.20 Å². The number of likely N-dealkylation sites (tertiary alicyclic amines) is 1. The lowest BCUT2D eigenvalue weighted by atomic mass is 10.2. The van der Waals surface area contributed by atoms with Gasteiger partial charge in [0.15, 0.2) is 5.69 Å². The Labute approximate surface area is 129 Å². The van der Waals surface area contributed by atoms with Crippen molar-refractivity contribution in [3.8, 4) is 0 Å². The number of amides is 1. The number of aromatic nitrogens is 5. The van der Waals surface area contributed by atoms with Crippen molar-refractivity contribution in [2.24, 2.45) is 0 Å². The number of hydrogen-bond acceptors (Lipinski definition) is 4. The van der Waals surface area contributed by atoms with E-state index in [1.54, 1.807) is 22.0 Å². The molecule has 0 aliphatic carbocycles. The third-order valence-electron chi connectivity index (χ3n) is 3.80. The van der Waals surface area contributed by atoms with E-state index in [9.17, 15) is 18.0 Å². The third-order valence-corrected chi connectivity index (χ3v) is 3.80. The van der Waals surface area contributed by atoms with E-state index in [-0.39, 0.29) is 18.5 Å². The molecule has 0 spiro atoms. The van der Waals surface area contributed by atoms with Gasteiger partial charge in [0.2, 0.25) is 5.91 Å². The van der Waals surface area contributed by atoms with Gasteiger partial charge < -0.3 is 4.90 Å². The maximum atomic E-state index is 12.5. The van der Waals surface area contributed by atoms with Crippen molar-refractivity contribution in [2.75, 3.05) is 6.54 Å². The van der Waals surface area contributed by atoms with Crippen molar-refractivity contribution >= 4 is 5.91 Å². The fourth-order valence-corrected chi connectivity index (χ4v) is 2.73. The lowest BCUT2D eigenvalue weighted by Crippen LogP contribution is -2.40. The Kier molecular flexibility index (Phi) is 4.05. The van der Waals surface area contributed by atoms with Gasteiger partial charge in [0.25, 0.3) is 0 Å². The molecule has 2 aromatic heterocycles. The summed E-state index contributed by atoms with van der Waals surface area (Å²) in [6.07, 6.45) is 1.63. The van der Waals surface area contributed by atoms with Gasteiger partial charge in [-0.1, -0.05) is 5.21 Å². The number of alkyl halides is 3. The number of nitrogens with zero attached hydrogens (tertiary/aromatic N) is 6. The summed E-state index contributed by atoms with van der Waals surface area (Å²) in [5.41, 5.74) is -0.995.